The van der Waals surface area contributed by atoms with Gasteiger partial charge in [-0.05, 0) is 56.2 Å². The molecule has 3 heterocycles. The van der Waals surface area contributed by atoms with E-state index < -0.39 is 0 Å². The molecule has 27 heavy (non-hydrogen) atoms. The van der Waals surface area contributed by atoms with Gasteiger partial charge in [-0.25, -0.2) is 0 Å². The highest BCUT2D eigenvalue weighted by molar-refractivity contribution is 7.80. The highest BCUT2D eigenvalue weighted by Crippen LogP contribution is 2.40. The van der Waals surface area contributed by atoms with E-state index in [2.05, 4.69) is 39.7 Å². The van der Waals surface area contributed by atoms with Crippen molar-refractivity contribution in [1.82, 2.24) is 19.8 Å². The molecule has 1 saturated heterocycles. The number of rotatable bonds is 8. The Morgan fingerprint density at radius 3 is 2.78 bits per heavy atom. The maximum atomic E-state index is 9.33. The third kappa shape index (κ3) is 4.00. The van der Waals surface area contributed by atoms with Gasteiger partial charge in [0, 0.05) is 44.4 Å². The lowest BCUT2D eigenvalue weighted by Crippen LogP contribution is -2.31. The Kier molecular flexibility index (Phi) is 6.46. The van der Waals surface area contributed by atoms with Crippen molar-refractivity contribution in [3.63, 3.8) is 0 Å². The average Bonchev–Trinajstić information content (AvgIpc) is 3.15. The number of aromatic nitrogens is 2. The molecule has 0 bridgehead atoms. The molecule has 0 saturated carbocycles. The Morgan fingerprint density at radius 2 is 2.11 bits per heavy atom. The van der Waals surface area contributed by atoms with Gasteiger partial charge in [-0.1, -0.05) is 6.07 Å². The fourth-order valence-electron chi connectivity index (χ4n) is 3.88. The molecule has 1 aliphatic heterocycles. The van der Waals surface area contributed by atoms with Gasteiger partial charge in [0.1, 0.15) is 0 Å². The number of aryl methyl sites for hydroxylation is 1. The van der Waals surface area contributed by atoms with Crippen LogP contribution < -0.4 is 5.32 Å². The molecular weight excluding hydrogens is 360 g/mol. The fourth-order valence-corrected chi connectivity index (χ4v) is 4.21. The third-order valence-electron chi connectivity index (χ3n) is 5.21. The maximum Gasteiger partial charge on any atom is 0.170 e. The minimum absolute atomic E-state index is 0.0197. The molecule has 0 aromatic carbocycles. The van der Waals surface area contributed by atoms with E-state index in [0.29, 0.717) is 24.7 Å². The Balaban J connectivity index is 2.02. The maximum absolute atomic E-state index is 9.33. The van der Waals surface area contributed by atoms with Gasteiger partial charge in [0.25, 0.3) is 0 Å². The van der Waals surface area contributed by atoms with Crippen LogP contribution in [0.4, 0.5) is 0 Å². The molecular formula is C20H28N4O2S. The molecule has 1 fully saturated rings. The number of hydrogen-bond donors (Lipinski definition) is 2. The first-order chi connectivity index (χ1) is 13.1. The Hall–Kier alpha value is -1.96. The lowest BCUT2D eigenvalue weighted by molar-refractivity contribution is 0.186. The van der Waals surface area contributed by atoms with Crippen molar-refractivity contribution >= 4 is 17.3 Å². The number of aliphatic hydroxyl groups excluding tert-OH is 1. The van der Waals surface area contributed by atoms with Crippen LogP contribution >= 0.6 is 12.2 Å². The standard InChI is InChI=1S/C20H28N4O2S/c1-14-13-16(15(2)23(14)10-12-26-3)19-18(17-7-4-5-8-21-17)22-20(27)24(19)9-6-11-25/h4-5,7-8,13,18-19,25H,6,9-12H2,1-3H3,(H,22,27). The number of methoxy groups -OCH3 is 1. The van der Waals surface area contributed by atoms with Gasteiger partial charge < -0.3 is 24.6 Å². The predicted octanol–water partition coefficient (Wildman–Crippen LogP) is 2.50. The van der Waals surface area contributed by atoms with E-state index in [9.17, 15) is 5.11 Å². The molecule has 2 atom stereocenters. The van der Waals surface area contributed by atoms with E-state index in [4.69, 9.17) is 17.0 Å². The number of hydrogen-bond acceptors (Lipinski definition) is 4. The zero-order chi connectivity index (χ0) is 19.4. The van der Waals surface area contributed by atoms with Crippen LogP contribution in [0.5, 0.6) is 0 Å². The van der Waals surface area contributed by atoms with E-state index in [1.165, 1.54) is 17.0 Å². The molecule has 7 heteroatoms. The van der Waals surface area contributed by atoms with Crippen LogP contribution in [-0.4, -0.2) is 51.5 Å². The van der Waals surface area contributed by atoms with Crippen LogP contribution in [0.2, 0.25) is 0 Å². The first-order valence-corrected chi connectivity index (χ1v) is 9.73. The molecule has 6 nitrogen and oxygen atoms in total. The lowest BCUT2D eigenvalue weighted by Gasteiger charge is -2.28. The van der Waals surface area contributed by atoms with Crippen LogP contribution in [-0.2, 0) is 11.3 Å². The average molecular weight is 389 g/mol. The van der Waals surface area contributed by atoms with Gasteiger partial charge in [-0.3, -0.25) is 4.98 Å². The molecule has 2 N–H and O–H groups in total. The zero-order valence-corrected chi connectivity index (χ0v) is 17.0. The summed E-state index contributed by atoms with van der Waals surface area (Å²) in [4.78, 5) is 6.76. The summed E-state index contributed by atoms with van der Waals surface area (Å²) in [6.07, 6.45) is 2.49. The van der Waals surface area contributed by atoms with Crippen LogP contribution in [0.3, 0.4) is 0 Å². The molecule has 1 aliphatic rings. The molecule has 0 aliphatic carbocycles. The summed E-state index contributed by atoms with van der Waals surface area (Å²) in [5.41, 5.74) is 4.64. The van der Waals surface area contributed by atoms with Gasteiger partial charge >= 0.3 is 0 Å². The minimum atomic E-state index is -0.0197. The van der Waals surface area contributed by atoms with Gasteiger partial charge in [0.05, 0.1) is 24.4 Å². The summed E-state index contributed by atoms with van der Waals surface area (Å²) in [5, 5.41) is 13.5. The van der Waals surface area contributed by atoms with Crippen molar-refractivity contribution < 1.29 is 9.84 Å². The smallest absolute Gasteiger partial charge is 0.170 e. The summed E-state index contributed by atoms with van der Waals surface area (Å²) in [6.45, 7) is 6.63. The SMILES string of the molecule is COCCn1c(C)cc(C2C(c3ccccn3)NC(=S)N2CCCO)c1C. The summed E-state index contributed by atoms with van der Waals surface area (Å²) in [7, 11) is 1.72. The Labute approximate surface area is 166 Å². The van der Waals surface area contributed by atoms with Crippen molar-refractivity contribution in [2.24, 2.45) is 0 Å². The van der Waals surface area contributed by atoms with Gasteiger partial charge in [0.2, 0.25) is 0 Å². The summed E-state index contributed by atoms with van der Waals surface area (Å²) in [6, 6.07) is 8.23. The molecule has 0 radical (unpaired) electrons. The topological polar surface area (TPSA) is 62.5 Å². The van der Waals surface area contributed by atoms with E-state index in [1.807, 2.05) is 24.4 Å². The number of thiocarbonyl (C=S) groups is 1. The predicted molar refractivity (Wildman–Crippen MR) is 110 cm³/mol. The second-order valence-electron chi connectivity index (χ2n) is 6.87. The second kappa shape index (κ2) is 8.82. The second-order valence-corrected chi connectivity index (χ2v) is 7.25. The van der Waals surface area contributed by atoms with E-state index >= 15 is 0 Å². The summed E-state index contributed by atoms with van der Waals surface area (Å²) < 4.78 is 7.56. The number of ether oxygens (including phenoxy) is 1. The zero-order valence-electron chi connectivity index (χ0n) is 16.2. The summed E-state index contributed by atoms with van der Waals surface area (Å²) in [5.74, 6) is 0. The number of nitrogens with one attached hydrogen (secondary N) is 1. The van der Waals surface area contributed by atoms with Crippen molar-refractivity contribution in [2.45, 2.75) is 38.9 Å². The van der Waals surface area contributed by atoms with E-state index in [-0.39, 0.29) is 18.7 Å². The van der Waals surface area contributed by atoms with Crippen LogP contribution in [0.15, 0.2) is 30.5 Å². The minimum Gasteiger partial charge on any atom is -0.396 e. The fraction of sp³-hybridized carbons (Fsp3) is 0.500. The lowest BCUT2D eigenvalue weighted by atomic mass is 9.96. The third-order valence-corrected chi connectivity index (χ3v) is 5.56. The van der Waals surface area contributed by atoms with E-state index in [0.717, 1.165) is 12.2 Å². The molecule has 0 spiro atoms. The normalized spacial score (nSPS) is 19.6. The summed E-state index contributed by atoms with van der Waals surface area (Å²) >= 11 is 5.64. The molecule has 2 unspecified atom stereocenters. The molecule has 2 aromatic heterocycles. The van der Waals surface area contributed by atoms with Gasteiger partial charge in [-0.15, -0.1) is 0 Å². The van der Waals surface area contributed by atoms with Crippen molar-refractivity contribution in [1.29, 1.82) is 0 Å². The number of nitrogens with zero attached hydrogens (tertiary/aromatic N) is 3. The number of aliphatic hydroxyl groups is 1. The first-order valence-electron chi connectivity index (χ1n) is 9.33. The van der Waals surface area contributed by atoms with Crippen LogP contribution in [0, 0.1) is 13.8 Å². The monoisotopic (exact) mass is 388 g/mol. The number of pyridine rings is 1. The largest absolute Gasteiger partial charge is 0.396 e. The van der Waals surface area contributed by atoms with Gasteiger partial charge in [0.15, 0.2) is 5.11 Å². The quantitative estimate of drug-likeness (QED) is 0.678. The Bertz CT molecular complexity index is 778. The highest BCUT2D eigenvalue weighted by Gasteiger charge is 2.40. The van der Waals surface area contributed by atoms with Crippen molar-refractivity contribution in [3.05, 3.63) is 53.1 Å². The molecule has 3 rings (SSSR count). The Morgan fingerprint density at radius 1 is 1.30 bits per heavy atom. The van der Waals surface area contributed by atoms with Crippen molar-refractivity contribution in [2.75, 3.05) is 26.9 Å². The molecule has 0 amide bonds. The van der Waals surface area contributed by atoms with Crippen molar-refractivity contribution in [3.8, 4) is 0 Å². The van der Waals surface area contributed by atoms with E-state index in [1.54, 1.807) is 7.11 Å². The van der Waals surface area contributed by atoms with Crippen LogP contribution in [0.25, 0.3) is 0 Å². The molecule has 146 valence electrons. The molecule has 2 aromatic rings. The van der Waals surface area contributed by atoms with Gasteiger partial charge in [-0.2, -0.15) is 0 Å². The highest BCUT2D eigenvalue weighted by atomic mass is 32.1. The van der Waals surface area contributed by atoms with Crippen LogP contribution in [0.1, 0.15) is 41.1 Å². The first kappa shape index (κ1) is 19.8.